The molecule has 2 rings (SSSR count). The van der Waals surface area contributed by atoms with E-state index in [1.165, 1.54) is 0 Å². The molecule has 1 heterocycles. The van der Waals surface area contributed by atoms with Crippen LogP contribution in [0, 0.1) is 5.92 Å². The van der Waals surface area contributed by atoms with E-state index in [0.29, 0.717) is 24.5 Å². The molecule has 9 heteroatoms. The summed E-state index contributed by atoms with van der Waals surface area (Å²) in [4.78, 5) is 6.71. The van der Waals surface area contributed by atoms with Gasteiger partial charge in [-0.1, -0.05) is 19.1 Å². The molecule has 1 aliphatic heterocycles. The van der Waals surface area contributed by atoms with Gasteiger partial charge in [0.25, 0.3) is 0 Å². The summed E-state index contributed by atoms with van der Waals surface area (Å²) < 4.78 is 41.2. The number of rotatable bonds is 6. The maximum atomic E-state index is 12.2. The zero-order chi connectivity index (χ0) is 20.0. The van der Waals surface area contributed by atoms with Gasteiger partial charge in [-0.25, -0.2) is 0 Å². The molecule has 160 valence electrons. The number of halogens is 4. The maximum absolute atomic E-state index is 12.2. The Labute approximate surface area is 182 Å². The monoisotopic (exact) mass is 514 g/mol. The topological polar surface area (TPSA) is 48.9 Å². The van der Waals surface area contributed by atoms with E-state index in [9.17, 15) is 13.2 Å². The van der Waals surface area contributed by atoms with E-state index < -0.39 is 12.8 Å². The van der Waals surface area contributed by atoms with Gasteiger partial charge in [-0.3, -0.25) is 9.89 Å². The molecule has 1 aromatic rings. The van der Waals surface area contributed by atoms with Crippen molar-refractivity contribution in [1.29, 1.82) is 0 Å². The number of nitrogens with zero attached hydrogens (tertiary/aromatic N) is 2. The van der Waals surface area contributed by atoms with Gasteiger partial charge in [0.15, 0.2) is 12.6 Å². The highest BCUT2D eigenvalue weighted by Crippen LogP contribution is 2.20. The maximum Gasteiger partial charge on any atom is 0.422 e. The minimum Gasteiger partial charge on any atom is -0.484 e. The van der Waals surface area contributed by atoms with Crippen LogP contribution in [-0.2, 0) is 6.54 Å². The van der Waals surface area contributed by atoms with Crippen molar-refractivity contribution >= 4 is 29.9 Å². The van der Waals surface area contributed by atoms with Gasteiger partial charge in [-0.15, -0.1) is 24.0 Å². The average molecular weight is 514 g/mol. The summed E-state index contributed by atoms with van der Waals surface area (Å²) in [5.41, 5.74) is 0.931. The Morgan fingerprint density at radius 1 is 1.25 bits per heavy atom. The highest BCUT2D eigenvalue weighted by molar-refractivity contribution is 14.0. The van der Waals surface area contributed by atoms with Crippen LogP contribution < -0.4 is 15.4 Å². The molecule has 1 saturated heterocycles. The second-order valence-corrected chi connectivity index (χ2v) is 7.25. The number of guanidine groups is 1. The van der Waals surface area contributed by atoms with Crippen LogP contribution in [0.15, 0.2) is 29.3 Å². The molecule has 0 amide bonds. The molecule has 0 spiro atoms. The Balaban J connectivity index is 0.00000392. The van der Waals surface area contributed by atoms with Gasteiger partial charge >= 0.3 is 6.18 Å². The number of nitrogens with one attached hydrogen (secondary N) is 2. The zero-order valence-corrected chi connectivity index (χ0v) is 19.0. The van der Waals surface area contributed by atoms with E-state index in [0.717, 1.165) is 24.6 Å². The molecule has 0 saturated carbocycles. The third kappa shape index (κ3) is 8.02. The van der Waals surface area contributed by atoms with E-state index in [1.807, 2.05) is 0 Å². The summed E-state index contributed by atoms with van der Waals surface area (Å²) >= 11 is 0. The molecular weight excluding hydrogens is 484 g/mol. The fourth-order valence-corrected chi connectivity index (χ4v) is 3.04. The Kier molecular flexibility index (Phi) is 9.82. The predicted octanol–water partition coefficient (Wildman–Crippen LogP) is 3.64. The van der Waals surface area contributed by atoms with Gasteiger partial charge in [0.1, 0.15) is 5.75 Å². The van der Waals surface area contributed by atoms with Gasteiger partial charge < -0.3 is 15.4 Å². The van der Waals surface area contributed by atoms with E-state index in [-0.39, 0.29) is 29.7 Å². The molecule has 1 aromatic carbocycles. The summed E-state index contributed by atoms with van der Waals surface area (Å²) in [6, 6.07) is 7.41. The van der Waals surface area contributed by atoms with Crippen molar-refractivity contribution in [3.8, 4) is 5.75 Å². The van der Waals surface area contributed by atoms with Crippen LogP contribution in [0.4, 0.5) is 13.2 Å². The summed E-state index contributed by atoms with van der Waals surface area (Å²) in [6.07, 6.45) is -4.33. The summed E-state index contributed by atoms with van der Waals surface area (Å²) in [6.45, 7) is 7.90. The zero-order valence-electron chi connectivity index (χ0n) is 16.7. The third-order valence-corrected chi connectivity index (χ3v) is 4.70. The van der Waals surface area contributed by atoms with E-state index in [2.05, 4.69) is 41.3 Å². The highest BCUT2D eigenvalue weighted by Gasteiger charge is 2.31. The van der Waals surface area contributed by atoms with Gasteiger partial charge in [0.2, 0.25) is 0 Å². The largest absolute Gasteiger partial charge is 0.484 e. The summed E-state index contributed by atoms with van der Waals surface area (Å²) in [5.74, 6) is 1.44. The molecule has 2 unspecified atom stereocenters. The molecule has 2 N–H and O–H groups in total. The van der Waals surface area contributed by atoms with Crippen molar-refractivity contribution in [2.24, 2.45) is 10.9 Å². The van der Waals surface area contributed by atoms with Crippen LogP contribution in [0.25, 0.3) is 0 Å². The van der Waals surface area contributed by atoms with E-state index in [4.69, 9.17) is 4.74 Å². The lowest BCUT2D eigenvalue weighted by Gasteiger charge is -2.22. The van der Waals surface area contributed by atoms with Crippen LogP contribution in [0.3, 0.4) is 0 Å². The molecule has 1 aliphatic rings. The summed E-state index contributed by atoms with van der Waals surface area (Å²) in [7, 11) is 1.73. The van der Waals surface area contributed by atoms with Crippen LogP contribution in [-0.4, -0.2) is 55.9 Å². The fourth-order valence-electron chi connectivity index (χ4n) is 3.04. The molecule has 0 aromatic heterocycles. The normalized spacial score (nSPS) is 20.8. The third-order valence-electron chi connectivity index (χ3n) is 4.70. The Morgan fingerprint density at radius 3 is 2.39 bits per heavy atom. The Bertz CT molecular complexity index is 623. The van der Waals surface area contributed by atoms with Crippen molar-refractivity contribution in [3.63, 3.8) is 0 Å². The number of benzene rings is 1. The lowest BCUT2D eigenvalue weighted by molar-refractivity contribution is -0.153. The number of likely N-dealkylation sites (tertiary alicyclic amines) is 1. The lowest BCUT2D eigenvalue weighted by atomic mass is 10.1. The van der Waals surface area contributed by atoms with Gasteiger partial charge in [-0.2, -0.15) is 13.2 Å². The summed E-state index contributed by atoms with van der Waals surface area (Å²) in [5, 5.41) is 6.72. The fraction of sp³-hybridized carbons (Fsp3) is 0.632. The first-order valence-corrected chi connectivity index (χ1v) is 9.17. The minimum atomic E-state index is -4.33. The molecular formula is C19H30F3IN4O. The first-order chi connectivity index (χ1) is 12.7. The lowest BCUT2D eigenvalue weighted by Crippen LogP contribution is -2.46. The van der Waals surface area contributed by atoms with Gasteiger partial charge in [-0.05, 0) is 37.5 Å². The van der Waals surface area contributed by atoms with Crippen LogP contribution in [0.2, 0.25) is 0 Å². The smallest absolute Gasteiger partial charge is 0.422 e. The Hall–Kier alpha value is -1.23. The molecule has 28 heavy (non-hydrogen) atoms. The number of hydrogen-bond acceptors (Lipinski definition) is 3. The molecule has 0 aliphatic carbocycles. The van der Waals surface area contributed by atoms with Crippen LogP contribution in [0.1, 0.15) is 26.3 Å². The molecule has 0 bridgehead atoms. The molecule has 2 atom stereocenters. The minimum absolute atomic E-state index is 0. The van der Waals surface area contributed by atoms with Crippen molar-refractivity contribution in [3.05, 3.63) is 29.8 Å². The molecule has 0 radical (unpaired) electrons. The van der Waals surface area contributed by atoms with Crippen molar-refractivity contribution in [2.75, 3.05) is 26.7 Å². The first kappa shape index (κ1) is 24.8. The standard InChI is InChI=1S/C19H29F3N4O.HI/c1-13(2)26-10-14(3)17(11-26)25-18(23-4)24-9-15-5-7-16(8-6-15)27-12-19(20,21)22;/h5-8,13-14,17H,9-12H2,1-4H3,(H2,23,24,25);1H. The number of ether oxygens (including phenoxy) is 1. The molecule has 5 nitrogen and oxygen atoms in total. The quantitative estimate of drug-likeness (QED) is 0.346. The van der Waals surface area contributed by atoms with E-state index >= 15 is 0 Å². The number of alkyl halides is 3. The van der Waals surface area contributed by atoms with Crippen molar-refractivity contribution in [1.82, 2.24) is 15.5 Å². The van der Waals surface area contributed by atoms with Crippen molar-refractivity contribution in [2.45, 2.75) is 45.6 Å². The second-order valence-electron chi connectivity index (χ2n) is 7.25. The molecule has 1 fully saturated rings. The highest BCUT2D eigenvalue weighted by atomic mass is 127. The van der Waals surface area contributed by atoms with Crippen molar-refractivity contribution < 1.29 is 17.9 Å². The average Bonchev–Trinajstić information content (AvgIpc) is 2.98. The SMILES string of the molecule is CN=C(NCc1ccc(OCC(F)(F)F)cc1)NC1CN(C(C)C)CC1C.I. The van der Waals surface area contributed by atoms with E-state index in [1.54, 1.807) is 31.3 Å². The second kappa shape index (κ2) is 11.1. The van der Waals surface area contributed by atoms with Crippen LogP contribution in [0.5, 0.6) is 5.75 Å². The van der Waals surface area contributed by atoms with Gasteiger partial charge in [0.05, 0.1) is 0 Å². The number of hydrogen-bond donors (Lipinski definition) is 2. The first-order valence-electron chi connectivity index (χ1n) is 9.17. The Morgan fingerprint density at radius 2 is 1.89 bits per heavy atom. The van der Waals surface area contributed by atoms with Gasteiger partial charge in [0, 0.05) is 38.8 Å². The predicted molar refractivity (Wildman–Crippen MR) is 116 cm³/mol. The number of aliphatic imine (C=N–C) groups is 1. The van der Waals surface area contributed by atoms with Crippen LogP contribution >= 0.6 is 24.0 Å².